The monoisotopic (exact) mass is 238 g/mol. The molecule has 0 saturated carbocycles. The first kappa shape index (κ1) is 11.5. The lowest BCUT2D eigenvalue weighted by atomic mass is 9.95. The van der Waals surface area contributed by atoms with Crippen molar-refractivity contribution >= 4 is 10.8 Å². The van der Waals surface area contributed by atoms with Crippen molar-refractivity contribution in [1.82, 2.24) is 0 Å². The van der Waals surface area contributed by atoms with Crippen molar-refractivity contribution in [1.29, 1.82) is 0 Å². The van der Waals surface area contributed by atoms with Crippen molar-refractivity contribution in [3.63, 3.8) is 0 Å². The van der Waals surface area contributed by atoms with Crippen LogP contribution < -0.4 is 0 Å². The number of benzene rings is 2. The second-order valence-corrected chi connectivity index (χ2v) is 5.17. The maximum absolute atomic E-state index is 5.94. The second-order valence-electron chi connectivity index (χ2n) is 5.17. The minimum atomic E-state index is 0.221. The van der Waals surface area contributed by atoms with Crippen LogP contribution in [0.15, 0.2) is 53.6 Å². The molecule has 0 unspecified atom stereocenters. The van der Waals surface area contributed by atoms with E-state index in [1.807, 2.05) is 0 Å². The Morgan fingerprint density at radius 3 is 2.50 bits per heavy atom. The van der Waals surface area contributed by atoms with E-state index in [2.05, 4.69) is 56.3 Å². The van der Waals surface area contributed by atoms with Gasteiger partial charge in [-0.3, -0.25) is 0 Å². The fraction of sp³-hybridized carbons (Fsp3) is 0.294. The number of ether oxygens (including phenoxy) is 1. The van der Waals surface area contributed by atoms with E-state index >= 15 is 0 Å². The Morgan fingerprint density at radius 2 is 1.72 bits per heavy atom. The lowest BCUT2D eigenvalue weighted by molar-refractivity contribution is 0.0579. The summed E-state index contributed by atoms with van der Waals surface area (Å²) in [4.78, 5) is 0. The van der Waals surface area contributed by atoms with Gasteiger partial charge in [0.15, 0.2) is 0 Å². The molecular weight excluding hydrogens is 220 g/mol. The lowest BCUT2D eigenvalue weighted by Crippen LogP contribution is -2.13. The second kappa shape index (κ2) is 4.58. The van der Waals surface area contributed by atoms with Gasteiger partial charge in [-0.1, -0.05) is 42.0 Å². The van der Waals surface area contributed by atoms with Crippen LogP contribution in [-0.2, 0) is 4.74 Å². The molecule has 1 heteroatoms. The predicted octanol–water partition coefficient (Wildman–Crippen LogP) is 4.64. The summed E-state index contributed by atoms with van der Waals surface area (Å²) in [5.74, 6) is 0. The molecule has 1 heterocycles. The van der Waals surface area contributed by atoms with Gasteiger partial charge in [-0.2, -0.15) is 0 Å². The molecule has 0 aromatic heterocycles. The van der Waals surface area contributed by atoms with Gasteiger partial charge in [0.05, 0.1) is 12.7 Å². The summed E-state index contributed by atoms with van der Waals surface area (Å²) >= 11 is 0. The largest absolute Gasteiger partial charge is 0.369 e. The number of fused-ring (bicyclic) bond motifs is 1. The lowest BCUT2D eigenvalue weighted by Gasteiger charge is -2.25. The fourth-order valence-corrected chi connectivity index (χ4v) is 2.48. The molecule has 2 aromatic carbocycles. The molecule has 1 nitrogen and oxygen atoms in total. The van der Waals surface area contributed by atoms with Crippen molar-refractivity contribution < 1.29 is 4.74 Å². The molecule has 1 atom stereocenters. The SMILES string of the molecule is CC1=C(C)C[C@H](c2ccc3ccccc3c2)OC1. The molecule has 0 radical (unpaired) electrons. The minimum absolute atomic E-state index is 0.221. The summed E-state index contributed by atoms with van der Waals surface area (Å²) in [6.07, 6.45) is 1.24. The van der Waals surface area contributed by atoms with E-state index in [0.29, 0.717) is 0 Å². The zero-order chi connectivity index (χ0) is 12.5. The van der Waals surface area contributed by atoms with Crippen LogP contribution in [0, 0.1) is 0 Å². The third kappa shape index (κ3) is 2.06. The molecule has 3 rings (SSSR count). The number of hydrogen-bond acceptors (Lipinski definition) is 1. The van der Waals surface area contributed by atoms with Crippen LogP contribution in [0.25, 0.3) is 10.8 Å². The summed E-state index contributed by atoms with van der Waals surface area (Å²) in [7, 11) is 0. The molecule has 92 valence electrons. The molecule has 1 aliphatic rings. The Balaban J connectivity index is 1.96. The quantitative estimate of drug-likeness (QED) is 0.658. The number of rotatable bonds is 1. The van der Waals surface area contributed by atoms with Gasteiger partial charge in [0, 0.05) is 0 Å². The highest BCUT2D eigenvalue weighted by Crippen LogP contribution is 2.32. The Morgan fingerprint density at radius 1 is 0.944 bits per heavy atom. The Kier molecular flexibility index (Phi) is 2.92. The molecule has 0 N–H and O–H groups in total. The van der Waals surface area contributed by atoms with E-state index in [1.54, 1.807) is 0 Å². The normalized spacial score (nSPS) is 20.4. The zero-order valence-electron chi connectivity index (χ0n) is 10.9. The van der Waals surface area contributed by atoms with Gasteiger partial charge in [-0.25, -0.2) is 0 Å². The van der Waals surface area contributed by atoms with Crippen molar-refractivity contribution in [2.75, 3.05) is 6.61 Å². The molecule has 18 heavy (non-hydrogen) atoms. The molecule has 0 amide bonds. The van der Waals surface area contributed by atoms with Crippen LogP contribution in [0.1, 0.15) is 31.9 Å². The van der Waals surface area contributed by atoms with Gasteiger partial charge in [-0.05, 0) is 48.2 Å². The topological polar surface area (TPSA) is 9.23 Å². The highest BCUT2D eigenvalue weighted by molar-refractivity contribution is 5.83. The van der Waals surface area contributed by atoms with Gasteiger partial charge in [0.25, 0.3) is 0 Å². The zero-order valence-corrected chi connectivity index (χ0v) is 10.9. The highest BCUT2D eigenvalue weighted by atomic mass is 16.5. The fourth-order valence-electron chi connectivity index (χ4n) is 2.48. The molecule has 0 spiro atoms. The van der Waals surface area contributed by atoms with Crippen LogP contribution in [0.2, 0.25) is 0 Å². The molecule has 1 aliphatic heterocycles. The van der Waals surface area contributed by atoms with Crippen LogP contribution >= 0.6 is 0 Å². The van der Waals surface area contributed by atoms with Gasteiger partial charge in [0.2, 0.25) is 0 Å². The van der Waals surface area contributed by atoms with E-state index in [9.17, 15) is 0 Å². The smallest absolute Gasteiger partial charge is 0.0866 e. The number of hydrogen-bond donors (Lipinski definition) is 0. The first-order chi connectivity index (χ1) is 8.74. The van der Waals surface area contributed by atoms with Crippen molar-refractivity contribution in [2.24, 2.45) is 0 Å². The minimum Gasteiger partial charge on any atom is -0.369 e. The Labute approximate surface area is 108 Å². The maximum atomic E-state index is 5.94. The van der Waals surface area contributed by atoms with Crippen molar-refractivity contribution in [3.8, 4) is 0 Å². The summed E-state index contributed by atoms with van der Waals surface area (Å²) in [5.41, 5.74) is 4.15. The summed E-state index contributed by atoms with van der Waals surface area (Å²) in [5, 5.41) is 2.59. The molecule has 0 bridgehead atoms. The first-order valence-electron chi connectivity index (χ1n) is 6.49. The van der Waals surface area contributed by atoms with Gasteiger partial charge in [0.1, 0.15) is 0 Å². The Bertz CT molecular complexity index is 610. The molecule has 0 aliphatic carbocycles. The average molecular weight is 238 g/mol. The van der Waals surface area contributed by atoms with E-state index in [0.717, 1.165) is 13.0 Å². The third-order valence-corrected chi connectivity index (χ3v) is 3.87. The van der Waals surface area contributed by atoms with Crippen LogP contribution in [0.3, 0.4) is 0 Å². The van der Waals surface area contributed by atoms with Gasteiger partial charge < -0.3 is 4.74 Å². The van der Waals surface area contributed by atoms with Crippen LogP contribution in [0.5, 0.6) is 0 Å². The molecule has 0 saturated heterocycles. The van der Waals surface area contributed by atoms with Gasteiger partial charge in [-0.15, -0.1) is 0 Å². The van der Waals surface area contributed by atoms with E-state index in [4.69, 9.17) is 4.74 Å². The highest BCUT2D eigenvalue weighted by Gasteiger charge is 2.18. The predicted molar refractivity (Wildman–Crippen MR) is 75.6 cm³/mol. The molecule has 0 fully saturated rings. The maximum Gasteiger partial charge on any atom is 0.0866 e. The Hall–Kier alpha value is -1.60. The summed E-state index contributed by atoms with van der Waals surface area (Å²) in [6.45, 7) is 5.14. The van der Waals surface area contributed by atoms with Crippen LogP contribution in [0.4, 0.5) is 0 Å². The van der Waals surface area contributed by atoms with Crippen molar-refractivity contribution in [3.05, 3.63) is 59.2 Å². The average Bonchev–Trinajstić information content (AvgIpc) is 2.41. The van der Waals surface area contributed by atoms with Gasteiger partial charge >= 0.3 is 0 Å². The van der Waals surface area contributed by atoms with Crippen LogP contribution in [-0.4, -0.2) is 6.61 Å². The first-order valence-corrected chi connectivity index (χ1v) is 6.49. The van der Waals surface area contributed by atoms with E-state index in [-0.39, 0.29) is 6.10 Å². The van der Waals surface area contributed by atoms with Crippen molar-refractivity contribution in [2.45, 2.75) is 26.4 Å². The summed E-state index contributed by atoms with van der Waals surface area (Å²) < 4.78 is 5.94. The standard InChI is InChI=1S/C17H18O/c1-12-9-17(18-11-13(12)2)16-8-7-14-5-3-4-6-15(14)10-16/h3-8,10,17H,9,11H2,1-2H3/t17-/m1/s1. The molecule has 2 aromatic rings. The molecular formula is C17H18O. The summed E-state index contributed by atoms with van der Waals surface area (Å²) in [6, 6.07) is 15.1. The third-order valence-electron chi connectivity index (χ3n) is 3.87. The van der Waals surface area contributed by atoms with E-state index in [1.165, 1.54) is 27.5 Å². The van der Waals surface area contributed by atoms with E-state index < -0.39 is 0 Å².